The zero-order valence-electron chi connectivity index (χ0n) is 9.05. The fraction of sp³-hybridized carbons (Fsp3) is 0.0833. The van der Waals surface area contributed by atoms with Gasteiger partial charge in [-0.2, -0.15) is 0 Å². The number of halogens is 4. The molecule has 0 saturated heterocycles. The smallest absolute Gasteiger partial charge is 0.142 e. The van der Waals surface area contributed by atoms with E-state index in [1.54, 1.807) is 18.3 Å². The van der Waals surface area contributed by atoms with Gasteiger partial charge in [0, 0.05) is 12.7 Å². The molecule has 0 spiro atoms. The molecule has 0 radical (unpaired) electrons. The van der Waals surface area contributed by atoms with Gasteiger partial charge in [0.2, 0.25) is 0 Å². The minimum absolute atomic E-state index is 0.115. The lowest BCUT2D eigenvalue weighted by Gasteiger charge is -2.08. The molecule has 2 aromatic rings. The number of anilines is 1. The monoisotopic (exact) mass is 348 g/mol. The lowest BCUT2D eigenvalue weighted by Crippen LogP contribution is -2.01. The first kappa shape index (κ1) is 13.6. The van der Waals surface area contributed by atoms with Crippen LogP contribution >= 0.6 is 39.1 Å². The van der Waals surface area contributed by atoms with Crippen molar-refractivity contribution in [2.24, 2.45) is 0 Å². The van der Waals surface area contributed by atoms with Crippen molar-refractivity contribution < 1.29 is 4.39 Å². The van der Waals surface area contributed by atoms with Crippen LogP contribution in [0.2, 0.25) is 10.0 Å². The Hall–Kier alpha value is -0.840. The number of benzene rings is 1. The maximum Gasteiger partial charge on any atom is 0.142 e. The van der Waals surface area contributed by atoms with Gasteiger partial charge in [0.25, 0.3) is 0 Å². The average Bonchev–Trinajstić information content (AvgIpc) is 2.34. The van der Waals surface area contributed by atoms with Crippen LogP contribution < -0.4 is 5.32 Å². The molecule has 1 heterocycles. The average molecular weight is 350 g/mol. The first-order valence-electron chi connectivity index (χ1n) is 5.05. The molecule has 6 heteroatoms. The zero-order chi connectivity index (χ0) is 13.1. The van der Waals surface area contributed by atoms with E-state index in [1.807, 2.05) is 0 Å². The first-order valence-corrected chi connectivity index (χ1v) is 6.60. The van der Waals surface area contributed by atoms with Gasteiger partial charge in [-0.15, -0.1) is 0 Å². The van der Waals surface area contributed by atoms with Crippen molar-refractivity contribution in [3.63, 3.8) is 0 Å². The molecule has 0 aliphatic carbocycles. The van der Waals surface area contributed by atoms with Gasteiger partial charge in [0.15, 0.2) is 0 Å². The third kappa shape index (κ3) is 3.34. The van der Waals surface area contributed by atoms with E-state index in [4.69, 9.17) is 23.2 Å². The number of rotatable bonds is 3. The summed E-state index contributed by atoms with van der Waals surface area (Å²) in [4.78, 5) is 4.05. The largest absolute Gasteiger partial charge is 0.379 e. The summed E-state index contributed by atoms with van der Waals surface area (Å²) in [5.74, 6) is -0.431. The van der Waals surface area contributed by atoms with E-state index in [1.165, 1.54) is 12.1 Å². The highest BCUT2D eigenvalue weighted by Gasteiger charge is 2.04. The molecule has 0 fully saturated rings. The van der Waals surface area contributed by atoms with E-state index >= 15 is 0 Å². The fourth-order valence-corrected chi connectivity index (χ4v) is 2.03. The van der Waals surface area contributed by atoms with E-state index in [-0.39, 0.29) is 5.02 Å². The normalized spacial score (nSPS) is 10.4. The lowest BCUT2D eigenvalue weighted by atomic mass is 10.2. The van der Waals surface area contributed by atoms with Crippen LogP contribution in [-0.2, 0) is 6.54 Å². The highest BCUT2D eigenvalue weighted by atomic mass is 79.9. The number of pyridine rings is 1. The zero-order valence-corrected chi connectivity index (χ0v) is 12.2. The van der Waals surface area contributed by atoms with Gasteiger partial charge in [0.1, 0.15) is 10.4 Å². The van der Waals surface area contributed by atoms with Crippen LogP contribution in [0.4, 0.5) is 10.1 Å². The van der Waals surface area contributed by atoms with Crippen molar-refractivity contribution in [1.29, 1.82) is 0 Å². The third-order valence-electron chi connectivity index (χ3n) is 2.27. The molecule has 0 aliphatic heterocycles. The van der Waals surface area contributed by atoms with Gasteiger partial charge in [-0.3, -0.25) is 0 Å². The molecular weight excluding hydrogens is 342 g/mol. The van der Waals surface area contributed by atoms with Gasteiger partial charge in [0.05, 0.1) is 15.7 Å². The Morgan fingerprint density at radius 3 is 2.78 bits per heavy atom. The van der Waals surface area contributed by atoms with Crippen LogP contribution in [0.25, 0.3) is 0 Å². The molecular formula is C12H8BrCl2FN2. The van der Waals surface area contributed by atoms with E-state index in [0.29, 0.717) is 16.2 Å². The summed E-state index contributed by atoms with van der Waals surface area (Å²) < 4.78 is 13.9. The molecule has 2 nitrogen and oxygen atoms in total. The predicted octanol–water partition coefficient (Wildman–Crippen LogP) is 4.90. The molecule has 0 atom stereocenters. The van der Waals surface area contributed by atoms with Crippen LogP contribution in [0, 0.1) is 5.82 Å². The van der Waals surface area contributed by atoms with Crippen LogP contribution in [0.15, 0.2) is 35.1 Å². The Kier molecular flexibility index (Phi) is 4.43. The molecule has 18 heavy (non-hydrogen) atoms. The topological polar surface area (TPSA) is 24.9 Å². The predicted molar refractivity (Wildman–Crippen MR) is 75.7 cm³/mol. The Morgan fingerprint density at radius 2 is 2.06 bits per heavy atom. The molecule has 0 unspecified atom stereocenters. The van der Waals surface area contributed by atoms with E-state index in [2.05, 4.69) is 26.2 Å². The highest BCUT2D eigenvalue weighted by Crippen LogP contribution is 2.24. The summed E-state index contributed by atoms with van der Waals surface area (Å²) in [6, 6.07) is 6.41. The van der Waals surface area contributed by atoms with Gasteiger partial charge >= 0.3 is 0 Å². The summed E-state index contributed by atoms with van der Waals surface area (Å²) in [7, 11) is 0. The summed E-state index contributed by atoms with van der Waals surface area (Å²) >= 11 is 14.8. The fourth-order valence-electron chi connectivity index (χ4n) is 1.39. The summed E-state index contributed by atoms with van der Waals surface area (Å²) in [5, 5.41) is 3.76. The van der Waals surface area contributed by atoms with E-state index < -0.39 is 5.82 Å². The number of nitrogens with zero attached hydrogens (tertiary/aromatic N) is 1. The molecule has 1 aromatic heterocycles. The lowest BCUT2D eigenvalue weighted by molar-refractivity contribution is 0.626. The van der Waals surface area contributed by atoms with Crippen molar-refractivity contribution in [3.8, 4) is 0 Å². The minimum Gasteiger partial charge on any atom is -0.379 e. The molecule has 94 valence electrons. The second kappa shape index (κ2) is 5.87. The Bertz CT molecular complexity index is 578. The highest BCUT2D eigenvalue weighted by molar-refractivity contribution is 9.10. The third-order valence-corrected chi connectivity index (χ3v) is 3.42. The second-order valence-corrected chi connectivity index (χ2v) is 5.19. The molecule has 1 aromatic carbocycles. The van der Waals surface area contributed by atoms with Gasteiger partial charge in [-0.25, -0.2) is 9.37 Å². The maximum atomic E-state index is 13.2. The number of hydrogen-bond donors (Lipinski definition) is 1. The molecule has 2 rings (SSSR count). The standard InChI is InChI=1S/C12H8BrCl2FN2/c13-12-11(4-8(14)6-18-12)17-5-7-1-2-9(15)10(16)3-7/h1-4,6,17H,5H2. The van der Waals surface area contributed by atoms with Crippen molar-refractivity contribution in [2.45, 2.75) is 6.54 Å². The molecule has 0 aliphatic rings. The minimum atomic E-state index is -0.431. The number of hydrogen-bond acceptors (Lipinski definition) is 2. The van der Waals surface area contributed by atoms with Gasteiger partial charge < -0.3 is 5.32 Å². The SMILES string of the molecule is Fc1cc(CNc2cc(Cl)cnc2Br)ccc1Cl. The number of nitrogens with one attached hydrogen (secondary N) is 1. The molecule has 0 amide bonds. The van der Waals surface area contributed by atoms with Crippen LogP contribution in [0.1, 0.15) is 5.56 Å². The maximum absolute atomic E-state index is 13.2. The molecule has 1 N–H and O–H groups in total. The van der Waals surface area contributed by atoms with Crippen molar-refractivity contribution in [2.75, 3.05) is 5.32 Å². The van der Waals surface area contributed by atoms with E-state index in [9.17, 15) is 4.39 Å². The van der Waals surface area contributed by atoms with Crippen molar-refractivity contribution >= 4 is 44.8 Å². The van der Waals surface area contributed by atoms with Crippen molar-refractivity contribution in [3.05, 3.63) is 56.5 Å². The summed E-state index contributed by atoms with van der Waals surface area (Å²) in [6.07, 6.45) is 1.54. The van der Waals surface area contributed by atoms with Crippen molar-refractivity contribution in [1.82, 2.24) is 4.98 Å². The Morgan fingerprint density at radius 1 is 1.28 bits per heavy atom. The second-order valence-electron chi connectivity index (χ2n) is 3.59. The Labute approximate surface area is 122 Å². The van der Waals surface area contributed by atoms with Crippen LogP contribution in [0.3, 0.4) is 0 Å². The molecule has 0 bridgehead atoms. The van der Waals surface area contributed by atoms with E-state index in [0.717, 1.165) is 11.3 Å². The van der Waals surface area contributed by atoms with Crippen LogP contribution in [0.5, 0.6) is 0 Å². The quantitative estimate of drug-likeness (QED) is 0.797. The number of aromatic nitrogens is 1. The van der Waals surface area contributed by atoms with Gasteiger partial charge in [-0.1, -0.05) is 29.3 Å². The summed E-state index contributed by atoms with van der Waals surface area (Å²) in [5.41, 5.74) is 1.53. The van der Waals surface area contributed by atoms with Crippen LogP contribution in [-0.4, -0.2) is 4.98 Å². The summed E-state index contributed by atoms with van der Waals surface area (Å²) in [6.45, 7) is 0.453. The first-order chi connectivity index (χ1) is 8.56. The van der Waals surface area contributed by atoms with Gasteiger partial charge in [-0.05, 0) is 39.7 Å². The molecule has 0 saturated carbocycles. The Balaban J connectivity index is 2.11.